The Kier molecular flexibility index (Phi) is 3.55. The summed E-state index contributed by atoms with van der Waals surface area (Å²) in [5, 5.41) is 10.8. The number of aliphatic carboxylic acids is 1. The summed E-state index contributed by atoms with van der Waals surface area (Å²) in [5.41, 5.74) is 0.564. The number of aldehydes is 1. The molecule has 7 heteroatoms. The number of aromatic nitrogens is 2. The fourth-order valence-corrected chi connectivity index (χ4v) is 1.02. The van der Waals surface area contributed by atoms with Gasteiger partial charge in [0.1, 0.15) is 6.04 Å². The molecule has 1 rings (SSSR count). The number of amides is 1. The largest absolute Gasteiger partial charge is 0.480 e. The topological polar surface area (TPSA) is 112 Å². The molecule has 80 valence electrons. The number of aromatic amines is 1. The minimum atomic E-state index is -1.21. The zero-order chi connectivity index (χ0) is 11.3. The van der Waals surface area contributed by atoms with E-state index < -0.39 is 17.9 Å². The van der Waals surface area contributed by atoms with Gasteiger partial charge >= 0.3 is 5.97 Å². The molecule has 1 aromatic rings. The fraction of sp³-hybridized carbons (Fsp3) is 0.250. The van der Waals surface area contributed by atoms with Crippen molar-refractivity contribution in [3.05, 3.63) is 18.2 Å². The van der Waals surface area contributed by atoms with E-state index in [1.165, 1.54) is 12.5 Å². The van der Waals surface area contributed by atoms with E-state index in [2.05, 4.69) is 15.3 Å². The molecule has 0 bridgehead atoms. The van der Waals surface area contributed by atoms with Crippen LogP contribution in [-0.2, 0) is 20.8 Å². The van der Waals surface area contributed by atoms with Gasteiger partial charge in [-0.15, -0.1) is 0 Å². The first-order valence-electron chi connectivity index (χ1n) is 4.09. The molecule has 0 saturated carbocycles. The zero-order valence-electron chi connectivity index (χ0n) is 7.64. The van der Waals surface area contributed by atoms with Gasteiger partial charge in [-0.25, -0.2) is 9.78 Å². The highest BCUT2D eigenvalue weighted by Crippen LogP contribution is 1.98. The van der Waals surface area contributed by atoms with E-state index in [0.29, 0.717) is 5.69 Å². The second-order valence-corrected chi connectivity index (χ2v) is 2.80. The van der Waals surface area contributed by atoms with Crippen molar-refractivity contribution in [1.29, 1.82) is 0 Å². The molecule has 15 heavy (non-hydrogen) atoms. The summed E-state index contributed by atoms with van der Waals surface area (Å²) in [7, 11) is 0. The first-order chi connectivity index (χ1) is 7.13. The van der Waals surface area contributed by atoms with Crippen LogP contribution in [0.5, 0.6) is 0 Å². The molecular formula is C8H9N3O4. The van der Waals surface area contributed by atoms with E-state index in [0.717, 1.165) is 0 Å². The number of rotatable bonds is 5. The average molecular weight is 211 g/mol. The highest BCUT2D eigenvalue weighted by Gasteiger charge is 2.20. The van der Waals surface area contributed by atoms with Crippen LogP contribution in [0.3, 0.4) is 0 Å². The first-order valence-corrected chi connectivity index (χ1v) is 4.09. The summed E-state index contributed by atoms with van der Waals surface area (Å²) in [6.07, 6.45) is 2.93. The van der Waals surface area contributed by atoms with Gasteiger partial charge in [-0.1, -0.05) is 0 Å². The number of hydrogen-bond acceptors (Lipinski definition) is 4. The number of carboxylic acids is 1. The maximum absolute atomic E-state index is 10.7. The summed E-state index contributed by atoms with van der Waals surface area (Å²) >= 11 is 0. The van der Waals surface area contributed by atoms with Crippen molar-refractivity contribution in [2.24, 2.45) is 0 Å². The van der Waals surface area contributed by atoms with Crippen molar-refractivity contribution in [3.63, 3.8) is 0 Å². The van der Waals surface area contributed by atoms with Crippen LogP contribution in [0.15, 0.2) is 12.5 Å². The monoisotopic (exact) mass is 211 g/mol. The van der Waals surface area contributed by atoms with Crippen molar-refractivity contribution in [2.45, 2.75) is 12.5 Å². The lowest BCUT2D eigenvalue weighted by atomic mass is 10.1. The van der Waals surface area contributed by atoms with Crippen molar-refractivity contribution < 1.29 is 19.5 Å². The lowest BCUT2D eigenvalue weighted by Gasteiger charge is -2.10. The molecule has 0 spiro atoms. The minimum absolute atomic E-state index is 0.0307. The second kappa shape index (κ2) is 4.89. The summed E-state index contributed by atoms with van der Waals surface area (Å²) in [4.78, 5) is 37.8. The minimum Gasteiger partial charge on any atom is -0.480 e. The standard InChI is InChI=1S/C8H9N3O4/c12-3-7(13)11-6(8(14)15)1-5-2-9-4-10-5/h2-4,6H,1H2,(H,9,10)(H,11,13)(H,14,15)/t6-/m0/s1. The van der Waals surface area contributed by atoms with Crippen LogP contribution < -0.4 is 5.32 Å². The first kappa shape index (κ1) is 10.9. The number of nitrogens with one attached hydrogen (secondary N) is 2. The lowest BCUT2D eigenvalue weighted by Crippen LogP contribution is -2.42. The third-order valence-electron chi connectivity index (χ3n) is 1.70. The summed E-state index contributed by atoms with van der Waals surface area (Å²) in [5.74, 6) is -2.17. The van der Waals surface area contributed by atoms with Gasteiger partial charge < -0.3 is 15.4 Å². The highest BCUT2D eigenvalue weighted by atomic mass is 16.4. The van der Waals surface area contributed by atoms with Crippen LogP contribution in [0.2, 0.25) is 0 Å². The van der Waals surface area contributed by atoms with Gasteiger partial charge in [0.25, 0.3) is 5.91 Å². The van der Waals surface area contributed by atoms with E-state index in [4.69, 9.17) is 5.11 Å². The Hall–Kier alpha value is -2.18. The van der Waals surface area contributed by atoms with Crippen LogP contribution in [0, 0.1) is 0 Å². The molecule has 0 unspecified atom stereocenters. The quantitative estimate of drug-likeness (QED) is 0.415. The van der Waals surface area contributed by atoms with Crippen LogP contribution in [-0.4, -0.2) is 39.3 Å². The average Bonchev–Trinajstić information content (AvgIpc) is 2.69. The van der Waals surface area contributed by atoms with Crippen molar-refractivity contribution in [2.75, 3.05) is 0 Å². The Bertz CT molecular complexity index is 360. The molecule has 1 aromatic heterocycles. The highest BCUT2D eigenvalue weighted by molar-refractivity contribution is 6.24. The van der Waals surface area contributed by atoms with E-state index in [1.807, 2.05) is 0 Å². The SMILES string of the molecule is O=CC(=O)N[C@@H](Cc1cnc[nH]1)C(=O)O. The molecule has 0 fully saturated rings. The Balaban J connectivity index is 2.62. The van der Waals surface area contributed by atoms with Gasteiger partial charge in [-0.3, -0.25) is 9.59 Å². The summed E-state index contributed by atoms with van der Waals surface area (Å²) < 4.78 is 0. The van der Waals surface area contributed by atoms with Crippen LogP contribution in [0.25, 0.3) is 0 Å². The van der Waals surface area contributed by atoms with Gasteiger partial charge in [-0.2, -0.15) is 0 Å². The molecule has 3 N–H and O–H groups in total. The van der Waals surface area contributed by atoms with E-state index in [9.17, 15) is 14.4 Å². The summed E-state index contributed by atoms with van der Waals surface area (Å²) in [6, 6.07) is -1.14. The predicted molar refractivity (Wildman–Crippen MR) is 47.9 cm³/mol. The van der Waals surface area contributed by atoms with Crippen molar-refractivity contribution in [3.8, 4) is 0 Å². The maximum Gasteiger partial charge on any atom is 0.326 e. The number of nitrogens with zero attached hydrogens (tertiary/aromatic N) is 1. The van der Waals surface area contributed by atoms with Crippen molar-refractivity contribution in [1.82, 2.24) is 15.3 Å². The lowest BCUT2D eigenvalue weighted by molar-refractivity contribution is -0.142. The third kappa shape index (κ3) is 3.22. The van der Waals surface area contributed by atoms with Crippen LogP contribution in [0.4, 0.5) is 0 Å². The van der Waals surface area contributed by atoms with Gasteiger partial charge in [0, 0.05) is 18.3 Å². The Morgan fingerprint density at radius 1 is 1.67 bits per heavy atom. The Morgan fingerprint density at radius 3 is 2.87 bits per heavy atom. The number of carbonyl (C=O) groups is 3. The molecule has 0 aliphatic carbocycles. The number of hydrogen-bond donors (Lipinski definition) is 3. The predicted octanol–water partition coefficient (Wildman–Crippen LogP) is -1.28. The molecule has 0 radical (unpaired) electrons. The maximum atomic E-state index is 10.7. The number of carboxylic acid groups (broad SMARTS) is 1. The fourth-order valence-electron chi connectivity index (χ4n) is 1.02. The summed E-state index contributed by atoms with van der Waals surface area (Å²) in [6.45, 7) is 0. The zero-order valence-corrected chi connectivity index (χ0v) is 7.64. The van der Waals surface area contributed by atoms with Gasteiger partial charge in [0.2, 0.25) is 6.29 Å². The molecule has 0 aliphatic rings. The molecule has 1 heterocycles. The van der Waals surface area contributed by atoms with Gasteiger partial charge in [0.15, 0.2) is 0 Å². The number of carbonyl (C=O) groups excluding carboxylic acids is 2. The number of H-pyrrole nitrogens is 1. The Morgan fingerprint density at radius 2 is 2.40 bits per heavy atom. The Labute approximate surface area is 84.5 Å². The van der Waals surface area contributed by atoms with Crippen molar-refractivity contribution >= 4 is 18.2 Å². The van der Waals surface area contributed by atoms with Gasteiger partial charge in [0.05, 0.1) is 6.33 Å². The molecule has 7 nitrogen and oxygen atoms in total. The van der Waals surface area contributed by atoms with E-state index in [-0.39, 0.29) is 12.7 Å². The molecule has 1 amide bonds. The molecule has 0 aromatic carbocycles. The van der Waals surface area contributed by atoms with E-state index >= 15 is 0 Å². The molecule has 0 aliphatic heterocycles. The van der Waals surface area contributed by atoms with E-state index in [1.54, 1.807) is 0 Å². The smallest absolute Gasteiger partial charge is 0.326 e. The molecule has 0 saturated heterocycles. The second-order valence-electron chi connectivity index (χ2n) is 2.80. The van der Waals surface area contributed by atoms with Crippen LogP contribution >= 0.6 is 0 Å². The molecular weight excluding hydrogens is 202 g/mol. The molecule has 1 atom stereocenters. The van der Waals surface area contributed by atoms with Crippen LogP contribution in [0.1, 0.15) is 5.69 Å². The number of imidazole rings is 1. The normalized spacial score (nSPS) is 11.7. The van der Waals surface area contributed by atoms with Gasteiger partial charge in [-0.05, 0) is 0 Å². The third-order valence-corrected chi connectivity index (χ3v) is 1.70.